The molecule has 0 aliphatic rings. The van der Waals surface area contributed by atoms with E-state index in [1.54, 1.807) is 0 Å². The van der Waals surface area contributed by atoms with Gasteiger partial charge in [-0.2, -0.15) is 5.10 Å². The van der Waals surface area contributed by atoms with E-state index in [1.165, 1.54) is 0 Å². The van der Waals surface area contributed by atoms with E-state index < -0.39 is 33.8 Å². The maximum absolute atomic E-state index is 13.5. The highest BCUT2D eigenvalue weighted by atomic mass is 19.2. The summed E-state index contributed by atoms with van der Waals surface area (Å²) in [4.78, 5) is 24.8. The van der Waals surface area contributed by atoms with Gasteiger partial charge >= 0.3 is 0 Å². The van der Waals surface area contributed by atoms with E-state index >= 15 is 0 Å². The minimum Gasteiger partial charge on any atom is -0.311 e. The van der Waals surface area contributed by atoms with Crippen molar-refractivity contribution >= 4 is 17.3 Å². The quantitative estimate of drug-likeness (QED) is 0.642. The molecular weight excluding hydrogens is 264 g/mol. The molecule has 0 unspecified atom stereocenters. The lowest BCUT2D eigenvalue weighted by Gasteiger charge is -2.05. The van der Waals surface area contributed by atoms with Crippen molar-refractivity contribution in [3.8, 4) is 0 Å². The molecule has 2 rings (SSSR count). The molecule has 0 aliphatic heterocycles. The number of aromatic amines is 1. The summed E-state index contributed by atoms with van der Waals surface area (Å²) in [5, 5.41) is 18.1. The third-order valence-electron chi connectivity index (χ3n) is 2.14. The number of anilines is 1. The molecule has 0 spiro atoms. The Labute approximate surface area is 103 Å². The van der Waals surface area contributed by atoms with Crippen LogP contribution in [0.5, 0.6) is 0 Å². The van der Waals surface area contributed by atoms with Gasteiger partial charge in [-0.25, -0.2) is 13.8 Å². The number of hydrogen-bond acceptors (Lipinski definition) is 5. The maximum Gasteiger partial charge on any atom is 0.296 e. The van der Waals surface area contributed by atoms with Gasteiger partial charge < -0.3 is 5.32 Å². The molecule has 2 aromatic rings. The van der Waals surface area contributed by atoms with Crippen LogP contribution in [0.15, 0.2) is 18.5 Å². The summed E-state index contributed by atoms with van der Waals surface area (Å²) < 4.78 is 26.5. The van der Waals surface area contributed by atoms with Crippen molar-refractivity contribution in [1.82, 2.24) is 15.2 Å². The summed E-state index contributed by atoms with van der Waals surface area (Å²) in [5.41, 5.74) is -1.64. The summed E-state index contributed by atoms with van der Waals surface area (Å²) in [7, 11) is 0. The largest absolute Gasteiger partial charge is 0.311 e. The zero-order chi connectivity index (χ0) is 14.0. The van der Waals surface area contributed by atoms with E-state index in [9.17, 15) is 23.7 Å². The highest BCUT2D eigenvalue weighted by molar-refractivity contribution is 6.02. The maximum atomic E-state index is 13.5. The van der Waals surface area contributed by atoms with Gasteiger partial charge in [0.05, 0.1) is 4.92 Å². The predicted molar refractivity (Wildman–Crippen MR) is 57.3 cm³/mol. The smallest absolute Gasteiger partial charge is 0.296 e. The van der Waals surface area contributed by atoms with E-state index in [4.69, 9.17) is 0 Å². The zero-order valence-corrected chi connectivity index (χ0v) is 9.05. The van der Waals surface area contributed by atoms with Crippen molar-refractivity contribution < 1.29 is 18.5 Å². The number of nitrogens with one attached hydrogen (secondary N) is 2. The van der Waals surface area contributed by atoms with Crippen LogP contribution in [0.4, 0.5) is 20.2 Å². The molecule has 0 bridgehead atoms. The Morgan fingerprint density at radius 3 is 2.74 bits per heavy atom. The van der Waals surface area contributed by atoms with Gasteiger partial charge in [-0.3, -0.25) is 20.0 Å². The highest BCUT2D eigenvalue weighted by Crippen LogP contribution is 2.29. The summed E-state index contributed by atoms with van der Waals surface area (Å²) in [5.74, 6) is -4.12. The molecule has 19 heavy (non-hydrogen) atoms. The topological polar surface area (TPSA) is 114 Å². The predicted octanol–water partition coefficient (Wildman–Crippen LogP) is 1.24. The molecule has 98 valence electrons. The standard InChI is InChI=1S/C9H5F2N5O3/c10-4-1-2-5(16(18)19)7(6(4)11)14-9(17)8-12-3-13-15-8/h1-3H,(H,14,17)(H,12,13,15). The second-order valence-corrected chi connectivity index (χ2v) is 3.30. The van der Waals surface area contributed by atoms with Crippen LogP contribution in [-0.2, 0) is 0 Å². The first kappa shape index (κ1) is 12.5. The number of aromatic nitrogens is 3. The van der Waals surface area contributed by atoms with Gasteiger partial charge in [-0.1, -0.05) is 0 Å². The third-order valence-corrected chi connectivity index (χ3v) is 2.14. The van der Waals surface area contributed by atoms with Gasteiger partial charge in [0.2, 0.25) is 5.82 Å². The molecule has 0 radical (unpaired) electrons. The van der Waals surface area contributed by atoms with Crippen molar-refractivity contribution in [3.05, 3.63) is 46.0 Å². The van der Waals surface area contributed by atoms with Crippen LogP contribution >= 0.6 is 0 Å². The number of carbonyl (C=O) groups is 1. The lowest BCUT2D eigenvalue weighted by atomic mass is 10.2. The number of amides is 1. The number of halogens is 2. The average molecular weight is 269 g/mol. The Kier molecular flexibility index (Phi) is 3.14. The number of nitro benzene ring substituents is 1. The van der Waals surface area contributed by atoms with Crippen LogP contribution in [0.2, 0.25) is 0 Å². The molecule has 0 saturated heterocycles. The molecule has 2 N–H and O–H groups in total. The lowest BCUT2D eigenvalue weighted by molar-refractivity contribution is -0.384. The van der Waals surface area contributed by atoms with Crippen molar-refractivity contribution in [3.63, 3.8) is 0 Å². The van der Waals surface area contributed by atoms with Crippen molar-refractivity contribution in [2.24, 2.45) is 0 Å². The number of nitrogens with zero attached hydrogens (tertiary/aromatic N) is 3. The summed E-state index contributed by atoms with van der Waals surface area (Å²) >= 11 is 0. The summed E-state index contributed by atoms with van der Waals surface area (Å²) in [6.45, 7) is 0. The Hall–Kier alpha value is -2.91. The first-order valence-electron chi connectivity index (χ1n) is 4.80. The van der Waals surface area contributed by atoms with Crippen LogP contribution in [0.3, 0.4) is 0 Å². The number of hydrogen-bond donors (Lipinski definition) is 2. The number of H-pyrrole nitrogens is 1. The third kappa shape index (κ3) is 2.36. The highest BCUT2D eigenvalue weighted by Gasteiger charge is 2.24. The SMILES string of the molecule is O=C(Nc1c([N+](=O)[O-])ccc(F)c1F)c1ncn[nH]1. The van der Waals surface area contributed by atoms with Gasteiger partial charge in [0, 0.05) is 6.07 Å². The summed E-state index contributed by atoms with van der Waals surface area (Å²) in [6.07, 6.45) is 1.02. The molecule has 8 nitrogen and oxygen atoms in total. The average Bonchev–Trinajstić information content (AvgIpc) is 2.88. The van der Waals surface area contributed by atoms with Crippen LogP contribution < -0.4 is 5.32 Å². The Bertz CT molecular complexity index is 644. The van der Waals surface area contributed by atoms with E-state index in [-0.39, 0.29) is 5.82 Å². The second kappa shape index (κ2) is 4.76. The molecule has 10 heteroatoms. The van der Waals surface area contributed by atoms with E-state index in [0.29, 0.717) is 6.07 Å². The molecule has 0 fully saturated rings. The van der Waals surface area contributed by atoms with Gasteiger partial charge in [0.1, 0.15) is 6.33 Å². The number of carbonyl (C=O) groups excluding carboxylic acids is 1. The monoisotopic (exact) mass is 269 g/mol. The fraction of sp³-hybridized carbons (Fsp3) is 0. The molecule has 0 saturated carbocycles. The first-order chi connectivity index (χ1) is 9.00. The fourth-order valence-electron chi connectivity index (χ4n) is 1.30. The number of benzene rings is 1. The second-order valence-electron chi connectivity index (χ2n) is 3.30. The Balaban J connectivity index is 2.41. The van der Waals surface area contributed by atoms with Crippen molar-refractivity contribution in [1.29, 1.82) is 0 Å². The molecule has 1 aromatic heterocycles. The van der Waals surface area contributed by atoms with Crippen molar-refractivity contribution in [2.75, 3.05) is 5.32 Å². The summed E-state index contributed by atoms with van der Waals surface area (Å²) in [6, 6.07) is 1.34. The van der Waals surface area contributed by atoms with Crippen LogP contribution in [0, 0.1) is 21.7 Å². The van der Waals surface area contributed by atoms with Crippen LogP contribution in [0.1, 0.15) is 10.6 Å². The zero-order valence-electron chi connectivity index (χ0n) is 9.05. The molecular formula is C9H5F2N5O3. The van der Waals surface area contributed by atoms with E-state index in [2.05, 4.69) is 15.2 Å². The molecule has 1 heterocycles. The number of rotatable bonds is 3. The van der Waals surface area contributed by atoms with Gasteiger partial charge in [-0.05, 0) is 6.07 Å². The van der Waals surface area contributed by atoms with Gasteiger partial charge in [-0.15, -0.1) is 0 Å². The Morgan fingerprint density at radius 2 is 2.16 bits per heavy atom. The van der Waals surface area contributed by atoms with Crippen LogP contribution in [-0.4, -0.2) is 26.0 Å². The lowest BCUT2D eigenvalue weighted by Crippen LogP contribution is -2.16. The molecule has 0 aliphatic carbocycles. The minimum absolute atomic E-state index is 0.294. The van der Waals surface area contributed by atoms with E-state index in [1.807, 2.05) is 5.32 Å². The number of nitro groups is 1. The van der Waals surface area contributed by atoms with Gasteiger partial charge in [0.25, 0.3) is 11.6 Å². The first-order valence-corrected chi connectivity index (χ1v) is 4.80. The molecule has 1 aromatic carbocycles. The fourth-order valence-corrected chi connectivity index (χ4v) is 1.30. The molecule has 0 atom stereocenters. The van der Waals surface area contributed by atoms with Crippen LogP contribution in [0.25, 0.3) is 0 Å². The normalized spacial score (nSPS) is 10.2. The van der Waals surface area contributed by atoms with Crippen molar-refractivity contribution in [2.45, 2.75) is 0 Å². The van der Waals surface area contributed by atoms with Gasteiger partial charge in [0.15, 0.2) is 17.3 Å². The Morgan fingerprint density at radius 1 is 1.42 bits per heavy atom. The van der Waals surface area contributed by atoms with E-state index in [0.717, 1.165) is 12.4 Å². The molecule has 1 amide bonds. The minimum atomic E-state index is -1.53.